The van der Waals surface area contributed by atoms with Gasteiger partial charge in [-0.25, -0.2) is 14.3 Å². The second-order valence-electron chi connectivity index (χ2n) is 6.24. The predicted molar refractivity (Wildman–Crippen MR) is 108 cm³/mol. The number of nitrogens with zero attached hydrogens (tertiary/aromatic N) is 3. The minimum absolute atomic E-state index is 0.00451. The van der Waals surface area contributed by atoms with E-state index in [0.717, 1.165) is 10.6 Å². The van der Waals surface area contributed by atoms with Crippen LogP contribution in [0.2, 0.25) is 0 Å². The van der Waals surface area contributed by atoms with E-state index in [9.17, 15) is 9.59 Å². The lowest BCUT2D eigenvalue weighted by molar-refractivity contribution is 0.104. The van der Waals surface area contributed by atoms with E-state index in [4.69, 9.17) is 4.74 Å². The van der Waals surface area contributed by atoms with Crippen molar-refractivity contribution in [3.63, 3.8) is 0 Å². The van der Waals surface area contributed by atoms with Crippen molar-refractivity contribution in [1.82, 2.24) is 19.9 Å². The van der Waals surface area contributed by atoms with Crippen LogP contribution in [-0.2, 0) is 0 Å². The van der Waals surface area contributed by atoms with Crippen LogP contribution in [0.1, 0.15) is 29.1 Å². The number of amides is 1. The van der Waals surface area contributed by atoms with E-state index in [-0.39, 0.29) is 11.8 Å². The number of ether oxygens (including phenoxy) is 1. The molecular formula is C19H16N4O3S2. The maximum Gasteiger partial charge on any atom is 0.413 e. The van der Waals surface area contributed by atoms with Crippen molar-refractivity contribution in [3.8, 4) is 15.6 Å². The predicted octanol–water partition coefficient (Wildman–Crippen LogP) is 4.25. The Bertz CT molecular complexity index is 1150. The van der Waals surface area contributed by atoms with Gasteiger partial charge in [0.1, 0.15) is 0 Å². The number of nitrogens with one attached hydrogen (secondary N) is 1. The molecule has 1 N–H and O–H groups in total. The lowest BCUT2D eigenvalue weighted by Crippen LogP contribution is -2.32. The summed E-state index contributed by atoms with van der Waals surface area (Å²) in [6.07, 6.45) is 2.68. The second-order valence-corrected chi connectivity index (χ2v) is 8.23. The van der Waals surface area contributed by atoms with Gasteiger partial charge >= 0.3 is 6.09 Å². The summed E-state index contributed by atoms with van der Waals surface area (Å²) < 4.78 is 6.93. The Morgan fingerprint density at radius 3 is 2.82 bits per heavy atom. The first-order valence-corrected chi connectivity index (χ1v) is 10.2. The van der Waals surface area contributed by atoms with Gasteiger partial charge in [-0.15, -0.1) is 11.3 Å². The van der Waals surface area contributed by atoms with Gasteiger partial charge in [-0.3, -0.25) is 4.79 Å². The van der Waals surface area contributed by atoms with E-state index >= 15 is 0 Å². The summed E-state index contributed by atoms with van der Waals surface area (Å²) in [4.78, 5) is 30.3. The minimum Gasteiger partial charge on any atom is -0.399 e. The molecule has 0 aliphatic carbocycles. The Morgan fingerprint density at radius 1 is 1.21 bits per heavy atom. The van der Waals surface area contributed by atoms with Crippen LogP contribution in [0.5, 0.6) is 5.06 Å². The quantitative estimate of drug-likeness (QED) is 0.495. The smallest absolute Gasteiger partial charge is 0.399 e. The van der Waals surface area contributed by atoms with Crippen molar-refractivity contribution in [2.24, 2.45) is 0 Å². The number of carbonyl (C=O) groups is 2. The minimum atomic E-state index is -0.494. The van der Waals surface area contributed by atoms with Crippen LogP contribution >= 0.6 is 22.7 Å². The molecule has 4 aromatic rings. The Labute approximate surface area is 168 Å². The number of fused-ring (bicyclic) bond motifs is 1. The molecule has 0 aliphatic heterocycles. The first-order valence-electron chi connectivity index (χ1n) is 8.52. The van der Waals surface area contributed by atoms with Crippen LogP contribution in [0.15, 0.2) is 48.1 Å². The van der Waals surface area contributed by atoms with E-state index in [1.807, 2.05) is 37.4 Å². The zero-order valence-electron chi connectivity index (χ0n) is 15.1. The third-order valence-electron chi connectivity index (χ3n) is 3.82. The van der Waals surface area contributed by atoms with Crippen LogP contribution < -0.4 is 10.1 Å². The molecule has 0 atom stereocenters. The summed E-state index contributed by atoms with van der Waals surface area (Å²) >= 11 is 2.70. The molecule has 0 spiro atoms. The third-order valence-corrected chi connectivity index (χ3v) is 5.68. The van der Waals surface area contributed by atoms with Crippen LogP contribution in [0.25, 0.3) is 16.2 Å². The lowest BCUT2D eigenvalue weighted by atomic mass is 10.2. The molecule has 0 unspecified atom stereocenters. The van der Waals surface area contributed by atoms with Crippen molar-refractivity contribution >= 4 is 40.2 Å². The SMILES string of the molecule is CC(C)NC(=O)Oc1ccc(-c2ccnc3c(C(=O)c4cccs4)cnn23)s1. The monoisotopic (exact) mass is 412 g/mol. The number of hydrogen-bond acceptors (Lipinski definition) is 7. The number of thiophene rings is 2. The highest BCUT2D eigenvalue weighted by molar-refractivity contribution is 7.17. The van der Waals surface area contributed by atoms with E-state index in [1.54, 1.807) is 22.8 Å². The summed E-state index contributed by atoms with van der Waals surface area (Å²) in [5.74, 6) is -0.102. The van der Waals surface area contributed by atoms with Gasteiger partial charge in [0.25, 0.3) is 0 Å². The molecule has 0 aliphatic rings. The lowest BCUT2D eigenvalue weighted by Gasteiger charge is -2.07. The summed E-state index contributed by atoms with van der Waals surface area (Å²) in [7, 11) is 0. The van der Waals surface area contributed by atoms with Gasteiger partial charge < -0.3 is 10.1 Å². The first-order chi connectivity index (χ1) is 13.5. The van der Waals surface area contributed by atoms with Crippen molar-refractivity contribution in [3.05, 3.63) is 58.5 Å². The van der Waals surface area contributed by atoms with E-state index in [1.165, 1.54) is 28.9 Å². The van der Waals surface area contributed by atoms with Gasteiger partial charge in [0.15, 0.2) is 10.7 Å². The summed E-state index contributed by atoms with van der Waals surface area (Å²) in [5, 5.41) is 9.37. The number of hydrogen-bond donors (Lipinski definition) is 1. The fourth-order valence-electron chi connectivity index (χ4n) is 2.65. The Hall–Kier alpha value is -3.04. The van der Waals surface area contributed by atoms with Gasteiger partial charge in [0.05, 0.1) is 27.2 Å². The highest BCUT2D eigenvalue weighted by Crippen LogP contribution is 2.33. The number of carbonyl (C=O) groups excluding carboxylic acids is 2. The molecule has 0 saturated heterocycles. The van der Waals surface area contributed by atoms with Crippen molar-refractivity contribution in [2.75, 3.05) is 0 Å². The van der Waals surface area contributed by atoms with E-state index < -0.39 is 6.09 Å². The largest absolute Gasteiger partial charge is 0.413 e. The Balaban J connectivity index is 1.65. The van der Waals surface area contributed by atoms with Crippen molar-refractivity contribution in [2.45, 2.75) is 19.9 Å². The summed E-state index contributed by atoms with van der Waals surface area (Å²) in [6.45, 7) is 3.73. The van der Waals surface area contributed by atoms with Crippen LogP contribution in [0, 0.1) is 0 Å². The van der Waals surface area contributed by atoms with Gasteiger partial charge in [0.2, 0.25) is 5.78 Å². The standard InChI is InChI=1S/C19H16N4O3S2/c1-11(2)22-19(25)26-16-6-5-14(28-16)13-7-8-20-18-12(10-21-23(13)18)17(24)15-4-3-9-27-15/h3-11H,1-2H3,(H,22,25). The zero-order valence-corrected chi connectivity index (χ0v) is 16.7. The number of rotatable bonds is 5. The van der Waals surface area contributed by atoms with Crippen LogP contribution in [0.3, 0.4) is 0 Å². The molecule has 0 bridgehead atoms. The molecule has 9 heteroatoms. The first kappa shape index (κ1) is 18.3. The maximum atomic E-state index is 12.7. The molecule has 0 radical (unpaired) electrons. The Morgan fingerprint density at radius 2 is 2.07 bits per heavy atom. The molecule has 0 aromatic carbocycles. The maximum absolute atomic E-state index is 12.7. The molecule has 1 amide bonds. The summed E-state index contributed by atoms with van der Waals surface area (Å²) in [6, 6.07) is 9.00. The molecule has 0 fully saturated rings. The van der Waals surface area contributed by atoms with Crippen molar-refractivity contribution in [1.29, 1.82) is 0 Å². The van der Waals surface area contributed by atoms with Gasteiger partial charge in [0, 0.05) is 12.2 Å². The normalized spacial score (nSPS) is 11.1. The number of ketones is 1. The second kappa shape index (κ2) is 7.53. The molecule has 28 heavy (non-hydrogen) atoms. The highest BCUT2D eigenvalue weighted by Gasteiger charge is 2.19. The third kappa shape index (κ3) is 3.54. The molecule has 4 aromatic heterocycles. The van der Waals surface area contributed by atoms with Gasteiger partial charge in [-0.1, -0.05) is 17.4 Å². The molecule has 4 heterocycles. The van der Waals surface area contributed by atoms with Gasteiger partial charge in [-0.05, 0) is 43.5 Å². The Kier molecular flexibility index (Phi) is 4.93. The summed E-state index contributed by atoms with van der Waals surface area (Å²) in [5.41, 5.74) is 1.71. The van der Waals surface area contributed by atoms with Crippen LogP contribution in [0.4, 0.5) is 4.79 Å². The van der Waals surface area contributed by atoms with Crippen LogP contribution in [-0.4, -0.2) is 32.5 Å². The number of aromatic nitrogens is 3. The fourth-order valence-corrected chi connectivity index (χ4v) is 4.19. The molecule has 4 rings (SSSR count). The average molecular weight is 412 g/mol. The molecule has 142 valence electrons. The van der Waals surface area contributed by atoms with E-state index in [0.29, 0.717) is 21.2 Å². The van der Waals surface area contributed by atoms with E-state index in [2.05, 4.69) is 15.4 Å². The molecule has 7 nitrogen and oxygen atoms in total. The fraction of sp³-hybridized carbons (Fsp3) is 0.158. The molecular weight excluding hydrogens is 396 g/mol. The average Bonchev–Trinajstić information content (AvgIpc) is 3.40. The highest BCUT2D eigenvalue weighted by atomic mass is 32.1. The van der Waals surface area contributed by atoms with Crippen molar-refractivity contribution < 1.29 is 14.3 Å². The zero-order chi connectivity index (χ0) is 19.7. The topological polar surface area (TPSA) is 85.6 Å². The van der Waals surface area contributed by atoms with Gasteiger partial charge in [-0.2, -0.15) is 5.10 Å². The molecule has 0 saturated carbocycles.